The maximum Gasteiger partial charge on any atom is 0.325 e. The van der Waals surface area contributed by atoms with E-state index in [0.717, 1.165) is 34.6 Å². The summed E-state index contributed by atoms with van der Waals surface area (Å²) in [5.41, 5.74) is 33.6. The van der Waals surface area contributed by atoms with Crippen LogP contribution in [0.25, 0.3) is 0 Å². The Morgan fingerprint density at radius 2 is 0.766 bits per heavy atom. The summed E-state index contributed by atoms with van der Waals surface area (Å²) in [6, 6.07) is -16.3. The number of hydrogen-bond acceptors (Lipinski definition) is 30. The first-order chi connectivity index (χ1) is 65.9. The molecule has 0 aliphatic carbocycles. The van der Waals surface area contributed by atoms with E-state index in [1.807, 2.05) is 10.6 Å². The molecule has 0 unspecified atom stereocenters. The Morgan fingerprint density at radius 1 is 0.376 bits per heavy atom. The fourth-order valence-electron chi connectivity index (χ4n) is 13.4. The lowest BCUT2D eigenvalue weighted by Gasteiger charge is -2.31. The SMILES string of the molecule is CC[C@H](C)[C@H](NC(=O)[C@@H](NC(=O)[C@@H](NC(=O)[C@H](CCCNC(=N)N)NC(=O)CNC(=O)[C@H](CCC(N)=O)NC(=O)[C@H](Cc1ccccc1)NC(=O)[C@H](CCCCN)NC(=O)[C@H](CO)NC(=O)[C@H](C)NC(=O)[C@H](Cc1ccc(O)cc1)NC(=O)[C@H](CC(C)C)NC(=O)[C@@H](NC(=O)[C@H](CC(N)=O)NC(=O)[C@H](CC(=O)O)NC(=O)[C@@H](N)CC(N)=O)[C@@H](C)O)C(C)C)[C@@H](C)O)C(=O)N[C@H](C(=O)N[C@@H](C)C(=O)O)[C@@H](C)O. The number of aliphatic hydroxyl groups is 4. The molecule has 21 atom stereocenters. The molecular weight excluding hydrogens is 1860 g/mol. The van der Waals surface area contributed by atoms with E-state index in [0.29, 0.717) is 5.56 Å². The highest BCUT2D eigenvalue weighted by Gasteiger charge is 2.42. The Hall–Kier alpha value is -14.4. The molecule has 786 valence electrons. The Balaban J connectivity index is 2.52. The van der Waals surface area contributed by atoms with Crippen LogP contribution < -0.4 is 130 Å². The molecule has 0 fully saturated rings. The van der Waals surface area contributed by atoms with Gasteiger partial charge in [-0.05, 0) is 127 Å². The van der Waals surface area contributed by atoms with Crippen molar-refractivity contribution in [2.75, 3.05) is 26.2 Å². The standard InChI is InChI=1S/C87H139N25O29/c1-12-41(6)66(82(136)112-67(44(9)114)83(137)98-43(8)86(140)141)109-85(139)69(46(11)116)111-81(135)65(40(4)5)108-74(128)51(22-18-30-95-87(93)94)99-63(121)37-96-72(126)53(27-28-60(90)118)101-77(131)56(32-47-19-14-13-15-20-47)103-73(127)52(21-16-17-29-88)100-80(134)59(38-113)107-70(124)42(7)97-75(129)55(33-48-23-25-49(117)26-24-48)104-76(130)54(31-39(2)3)106-84(138)68(45(10)115)110-79(133)57(35-62(92)120)105-78(132)58(36-64(122)123)102-71(125)50(89)34-61(91)119/h13-15,19-20,23-26,39-46,50-59,65-69,113-117H,12,16-18,21-22,27-38,88-89H2,1-11H3,(H2,90,118)(H2,91,119)(H2,92,120)(H,96,126)(H,97,129)(H,98,137)(H,99,121)(H,100,134)(H,101,131)(H,102,125)(H,103,127)(H,104,130)(H,105,132)(H,106,138)(H,107,124)(H,108,128)(H,109,139)(H,110,133)(H,111,135)(H,112,136)(H,122,123)(H,140,141)(H4,93,94,95)/t41-,42-,43-,44+,45+,46+,50-,51-,52-,53-,54-,55-,56-,57-,58-,59-,65-,66-,67-,68-,69-/m0/s1. The molecule has 38 N–H and O–H groups in total. The molecule has 0 bridgehead atoms. The number of phenolic OH excluding ortho intramolecular Hbond substituents is 1. The number of guanidine groups is 1. The van der Waals surface area contributed by atoms with Crippen molar-refractivity contribution in [3.8, 4) is 5.75 Å². The van der Waals surface area contributed by atoms with Crippen molar-refractivity contribution in [1.29, 1.82) is 5.41 Å². The van der Waals surface area contributed by atoms with Crippen molar-refractivity contribution < 1.29 is 141 Å². The third-order valence-corrected chi connectivity index (χ3v) is 21.5. The maximum atomic E-state index is 14.7. The van der Waals surface area contributed by atoms with Crippen LogP contribution in [0.5, 0.6) is 5.75 Å². The van der Waals surface area contributed by atoms with Crippen molar-refractivity contribution in [1.82, 2.24) is 95.7 Å². The highest BCUT2D eigenvalue weighted by atomic mass is 16.4. The first kappa shape index (κ1) is 123. The van der Waals surface area contributed by atoms with Crippen LogP contribution in [-0.4, -0.2) is 319 Å². The molecule has 2 aromatic carbocycles. The maximum absolute atomic E-state index is 14.7. The van der Waals surface area contributed by atoms with Gasteiger partial charge in [-0.1, -0.05) is 90.4 Å². The number of hydrogen-bond donors (Lipinski definition) is 32. The van der Waals surface area contributed by atoms with Crippen LogP contribution in [0.3, 0.4) is 0 Å². The molecule has 0 aromatic heterocycles. The quantitative estimate of drug-likeness (QED) is 0.0166. The summed E-state index contributed by atoms with van der Waals surface area (Å²) < 4.78 is 0. The topological polar surface area (TPSA) is 914 Å². The number of rotatable bonds is 65. The molecule has 0 spiro atoms. The zero-order valence-corrected chi connectivity index (χ0v) is 80.3. The number of aliphatic hydroxyl groups excluding tert-OH is 4. The number of primary amides is 3. The molecule has 0 heterocycles. The Morgan fingerprint density at radius 3 is 1.26 bits per heavy atom. The summed E-state index contributed by atoms with van der Waals surface area (Å²) in [4.78, 5) is 298. The van der Waals surface area contributed by atoms with Crippen LogP contribution in [0.1, 0.15) is 164 Å². The fourth-order valence-corrected chi connectivity index (χ4v) is 13.4. The van der Waals surface area contributed by atoms with Gasteiger partial charge in [0.1, 0.15) is 102 Å². The molecule has 2 rings (SSSR count). The highest BCUT2D eigenvalue weighted by molar-refractivity contribution is 6.03. The molecule has 0 saturated carbocycles. The van der Waals surface area contributed by atoms with Crippen LogP contribution in [0, 0.1) is 23.2 Å². The Bertz CT molecular complexity index is 4640. The lowest BCUT2D eigenvalue weighted by Crippen LogP contribution is -2.63. The van der Waals surface area contributed by atoms with Gasteiger partial charge in [0, 0.05) is 25.8 Å². The number of aliphatic carboxylic acids is 2. The predicted molar refractivity (Wildman–Crippen MR) is 499 cm³/mol. The first-order valence-electron chi connectivity index (χ1n) is 45.4. The second-order valence-electron chi connectivity index (χ2n) is 34.6. The van der Waals surface area contributed by atoms with Gasteiger partial charge in [-0.15, -0.1) is 0 Å². The lowest BCUT2D eigenvalue weighted by molar-refractivity contribution is -0.142. The first-order valence-corrected chi connectivity index (χ1v) is 45.4. The third-order valence-electron chi connectivity index (χ3n) is 21.5. The van der Waals surface area contributed by atoms with Crippen LogP contribution in [-0.2, 0) is 118 Å². The van der Waals surface area contributed by atoms with E-state index in [1.165, 1.54) is 45.0 Å². The zero-order valence-electron chi connectivity index (χ0n) is 80.3. The van der Waals surface area contributed by atoms with Gasteiger partial charge in [0.25, 0.3) is 0 Å². The number of phenols is 1. The van der Waals surface area contributed by atoms with Crippen molar-refractivity contribution in [3.05, 3.63) is 65.7 Å². The lowest BCUT2D eigenvalue weighted by atomic mass is 9.96. The molecule has 2 aromatic rings. The summed E-state index contributed by atoms with van der Waals surface area (Å²) in [5, 5.41) is 122. The summed E-state index contributed by atoms with van der Waals surface area (Å²) in [6.45, 7) is 12.8. The number of aromatic hydroxyl groups is 1. The Kier molecular flexibility index (Phi) is 53.8. The number of unbranched alkanes of at least 4 members (excludes halogenated alkanes) is 1. The molecule has 141 heavy (non-hydrogen) atoms. The number of nitrogens with one attached hydrogen (secondary N) is 19. The van der Waals surface area contributed by atoms with Gasteiger partial charge in [0.15, 0.2) is 5.96 Å². The van der Waals surface area contributed by atoms with Gasteiger partial charge >= 0.3 is 11.9 Å². The minimum atomic E-state index is -2.05. The van der Waals surface area contributed by atoms with Crippen molar-refractivity contribution >= 4 is 136 Å². The van der Waals surface area contributed by atoms with E-state index < -0.39 is 326 Å². The summed E-state index contributed by atoms with van der Waals surface area (Å²) >= 11 is 0. The van der Waals surface area contributed by atoms with Crippen LogP contribution in [0.4, 0.5) is 0 Å². The minimum Gasteiger partial charge on any atom is -0.508 e. The van der Waals surface area contributed by atoms with Gasteiger partial charge in [0.2, 0.25) is 118 Å². The minimum absolute atomic E-state index is 0.00168. The molecule has 54 heteroatoms. The second kappa shape index (κ2) is 61.8. The van der Waals surface area contributed by atoms with Crippen LogP contribution in [0.2, 0.25) is 0 Å². The van der Waals surface area contributed by atoms with Crippen LogP contribution >= 0.6 is 0 Å². The predicted octanol–water partition coefficient (Wildman–Crippen LogP) is -11.7. The molecule has 0 radical (unpaired) electrons. The molecule has 0 saturated heterocycles. The molecular formula is C87H139N25O29. The van der Waals surface area contributed by atoms with E-state index in [9.17, 15) is 141 Å². The Labute approximate surface area is 812 Å². The van der Waals surface area contributed by atoms with Gasteiger partial charge in [-0.2, -0.15) is 0 Å². The third kappa shape index (κ3) is 45.4. The van der Waals surface area contributed by atoms with Gasteiger partial charge in [-0.25, -0.2) is 0 Å². The van der Waals surface area contributed by atoms with E-state index >= 15 is 0 Å². The molecule has 0 aliphatic heterocycles. The number of carbonyl (C=O) groups is 22. The van der Waals surface area contributed by atoms with E-state index in [1.54, 1.807) is 51.1 Å². The highest BCUT2D eigenvalue weighted by Crippen LogP contribution is 2.18. The smallest absolute Gasteiger partial charge is 0.325 e. The normalized spacial score (nSPS) is 15.6. The average molecular weight is 2000 g/mol. The molecule has 54 nitrogen and oxygen atoms in total. The average Bonchev–Trinajstić information content (AvgIpc) is 0.855. The number of carbonyl (C=O) groups excluding carboxylic acids is 20. The number of carboxylic acid groups (broad SMARTS) is 2. The summed E-state index contributed by atoms with van der Waals surface area (Å²) in [7, 11) is 0. The monoisotopic (exact) mass is 2000 g/mol. The largest absolute Gasteiger partial charge is 0.508 e. The second-order valence-corrected chi connectivity index (χ2v) is 34.6. The number of nitrogens with two attached hydrogens (primary N) is 6. The summed E-state index contributed by atoms with van der Waals surface area (Å²) in [5.74, 6) is -28.7. The van der Waals surface area contributed by atoms with Crippen molar-refractivity contribution in [2.24, 2.45) is 52.2 Å². The molecule has 20 amide bonds. The molecule has 0 aliphatic rings. The van der Waals surface area contributed by atoms with Gasteiger partial charge in [0.05, 0.1) is 56.8 Å². The van der Waals surface area contributed by atoms with E-state index in [2.05, 4.69) is 85.1 Å². The van der Waals surface area contributed by atoms with Gasteiger partial charge in [-0.3, -0.25) is 111 Å². The summed E-state index contributed by atoms with van der Waals surface area (Å²) in [6.07, 6.45) is -10.1. The number of benzene rings is 2. The fraction of sp³-hybridized carbons (Fsp3) is 0.598. The number of amides is 20. The van der Waals surface area contributed by atoms with Gasteiger partial charge < -0.3 is 166 Å². The van der Waals surface area contributed by atoms with Crippen LogP contribution in [0.15, 0.2) is 54.6 Å². The van der Waals surface area contributed by atoms with Crippen molar-refractivity contribution in [3.63, 3.8) is 0 Å². The van der Waals surface area contributed by atoms with E-state index in [-0.39, 0.29) is 75.8 Å². The number of carboxylic acids is 2. The zero-order chi connectivity index (χ0) is 107. The van der Waals surface area contributed by atoms with Crippen molar-refractivity contribution in [2.45, 2.75) is 287 Å². The van der Waals surface area contributed by atoms with E-state index in [4.69, 9.17) is 39.8 Å².